The van der Waals surface area contributed by atoms with Crippen LogP contribution in [0.3, 0.4) is 0 Å². The predicted molar refractivity (Wildman–Crippen MR) is 205 cm³/mol. The van der Waals surface area contributed by atoms with Gasteiger partial charge in [-0.1, -0.05) is 96.9 Å². The van der Waals surface area contributed by atoms with Crippen molar-refractivity contribution in [1.29, 1.82) is 0 Å². The summed E-state index contributed by atoms with van der Waals surface area (Å²) in [4.78, 5) is 17.1. The van der Waals surface area contributed by atoms with Gasteiger partial charge in [0.05, 0.1) is 17.8 Å². The number of nitrogens with zero attached hydrogens (tertiary/aromatic N) is 1. The lowest BCUT2D eigenvalue weighted by atomic mass is 9.33. The number of carbonyl (C=O) groups excluding carboxylic acids is 1. The number of likely N-dealkylation sites (tertiary alicyclic amines) is 1. The van der Waals surface area contributed by atoms with Crippen molar-refractivity contribution in [2.24, 2.45) is 50.2 Å². The molecule has 4 heteroatoms. The van der Waals surface area contributed by atoms with Gasteiger partial charge >= 0.3 is 0 Å². The lowest BCUT2D eigenvalue weighted by Gasteiger charge is -2.71. The smallest absolute Gasteiger partial charge is 0.226 e. The third kappa shape index (κ3) is 5.25. The summed E-state index contributed by atoms with van der Waals surface area (Å²) in [6, 6.07) is 11.1. The van der Waals surface area contributed by atoms with Crippen molar-refractivity contribution < 1.29 is 9.53 Å². The fourth-order valence-corrected chi connectivity index (χ4v) is 14.1. The molecule has 0 spiro atoms. The Bertz CT molecular complexity index is 1530. The highest BCUT2D eigenvalue weighted by atomic mass is 16.5. The second kappa shape index (κ2) is 12.2. The van der Waals surface area contributed by atoms with Gasteiger partial charge in [0.2, 0.25) is 5.91 Å². The fraction of sp³-hybridized carbons (Fsp3) is 0.761. The molecule has 2 aliphatic heterocycles. The first-order valence-electron chi connectivity index (χ1n) is 20.9. The number of rotatable bonds is 5. The van der Waals surface area contributed by atoms with Crippen LogP contribution in [-0.4, -0.2) is 43.6 Å². The topological polar surface area (TPSA) is 41.6 Å². The molecule has 0 radical (unpaired) electrons. The van der Waals surface area contributed by atoms with E-state index in [1.165, 1.54) is 56.5 Å². The van der Waals surface area contributed by atoms with Crippen molar-refractivity contribution in [2.45, 2.75) is 138 Å². The van der Waals surface area contributed by atoms with Crippen LogP contribution < -0.4 is 5.32 Å². The summed E-state index contributed by atoms with van der Waals surface area (Å²) in [7, 11) is 0. The van der Waals surface area contributed by atoms with Gasteiger partial charge in [0.1, 0.15) is 0 Å². The van der Waals surface area contributed by atoms with Crippen molar-refractivity contribution in [3.8, 4) is 0 Å². The lowest BCUT2D eigenvalue weighted by Crippen LogP contribution is -2.64. The van der Waals surface area contributed by atoms with E-state index >= 15 is 0 Å². The number of nitrogens with one attached hydrogen (secondary N) is 1. The van der Waals surface area contributed by atoms with E-state index in [2.05, 4.69) is 95.1 Å². The van der Waals surface area contributed by atoms with Gasteiger partial charge in [-0.05, 0) is 140 Å². The number of benzene rings is 1. The molecule has 1 aromatic rings. The van der Waals surface area contributed by atoms with E-state index in [1.54, 1.807) is 11.1 Å². The molecule has 274 valence electrons. The maximum absolute atomic E-state index is 14.5. The van der Waals surface area contributed by atoms with E-state index < -0.39 is 0 Å². The molecule has 4 fully saturated rings. The van der Waals surface area contributed by atoms with Gasteiger partial charge in [-0.2, -0.15) is 0 Å². The third-order valence-corrected chi connectivity index (χ3v) is 17.2. The molecule has 0 aromatic heterocycles. The van der Waals surface area contributed by atoms with Gasteiger partial charge in [0, 0.05) is 25.4 Å². The Kier molecular flexibility index (Phi) is 8.57. The number of amides is 1. The van der Waals surface area contributed by atoms with Crippen LogP contribution in [0.25, 0.3) is 0 Å². The molecular weight excluding hydrogens is 613 g/mol. The van der Waals surface area contributed by atoms with Gasteiger partial charge < -0.3 is 15.0 Å². The molecule has 2 unspecified atom stereocenters. The average Bonchev–Trinajstić information content (AvgIpc) is 3.09. The summed E-state index contributed by atoms with van der Waals surface area (Å²) in [6.07, 6.45) is 18.2. The molecule has 3 saturated carbocycles. The highest BCUT2D eigenvalue weighted by molar-refractivity contribution is 5.84. The summed E-state index contributed by atoms with van der Waals surface area (Å²) in [5.74, 6) is 3.80. The van der Waals surface area contributed by atoms with Crippen LogP contribution in [0.5, 0.6) is 0 Å². The maximum atomic E-state index is 14.5. The van der Waals surface area contributed by atoms with E-state index in [0.717, 1.165) is 71.1 Å². The van der Waals surface area contributed by atoms with Gasteiger partial charge in [-0.15, -0.1) is 0 Å². The predicted octanol–water partition coefficient (Wildman–Crippen LogP) is 10.5. The minimum Gasteiger partial charge on any atom is -0.497 e. The molecule has 7 aliphatic rings. The number of carbonyl (C=O) groups is 1. The summed E-state index contributed by atoms with van der Waals surface area (Å²) in [6.45, 7) is 23.1. The van der Waals surface area contributed by atoms with E-state index in [9.17, 15) is 4.79 Å². The Morgan fingerprint density at radius 1 is 0.900 bits per heavy atom. The molecule has 4 nitrogen and oxygen atoms in total. The quantitative estimate of drug-likeness (QED) is 0.315. The van der Waals surface area contributed by atoms with Gasteiger partial charge in [0.25, 0.3) is 0 Å². The standard InChI is InChI=1S/C46H68N2O2/c1-41(2)20-22-46(40(49)47-24-27-48-25-12-9-13-26-48)23-21-44(6)34(36(46)29-41)16-17-39-43(5)30-37-35(42(3,4)38(43)18-19-45(39,44)7)28-33(31-50-37)32-14-10-8-11-15-32/h8,10-11,14-16,33,36,38-39H,9,12-13,17-31H2,1-7H3,(H,47,49)/t33?,36-,38?,39+,43-,44+,45+,46-/m0/s1. The molecule has 1 aromatic carbocycles. The van der Waals surface area contributed by atoms with Crippen molar-refractivity contribution in [3.05, 3.63) is 58.9 Å². The van der Waals surface area contributed by atoms with Crippen LogP contribution >= 0.6 is 0 Å². The van der Waals surface area contributed by atoms with Crippen molar-refractivity contribution in [2.75, 3.05) is 32.8 Å². The van der Waals surface area contributed by atoms with Crippen LogP contribution in [0.15, 0.2) is 53.3 Å². The minimum absolute atomic E-state index is 0.128. The fourth-order valence-electron chi connectivity index (χ4n) is 14.1. The van der Waals surface area contributed by atoms with E-state index in [-0.39, 0.29) is 32.5 Å². The number of ether oxygens (including phenoxy) is 1. The normalized spacial score (nSPS) is 42.0. The number of hydrogen-bond acceptors (Lipinski definition) is 3. The van der Waals surface area contributed by atoms with Gasteiger partial charge in [0.15, 0.2) is 0 Å². The molecule has 1 saturated heterocycles. The Morgan fingerprint density at radius 2 is 1.64 bits per heavy atom. The monoisotopic (exact) mass is 681 g/mol. The molecule has 2 heterocycles. The van der Waals surface area contributed by atoms with Gasteiger partial charge in [-0.3, -0.25) is 4.79 Å². The van der Waals surface area contributed by atoms with E-state index in [1.807, 2.05) is 0 Å². The molecule has 0 bridgehead atoms. The number of fused-ring (bicyclic) bond motifs is 7. The van der Waals surface area contributed by atoms with Crippen LogP contribution in [-0.2, 0) is 9.53 Å². The maximum Gasteiger partial charge on any atom is 0.226 e. The Balaban J connectivity index is 1.09. The Hall–Kier alpha value is -2.07. The minimum atomic E-state index is -0.245. The van der Waals surface area contributed by atoms with Gasteiger partial charge in [-0.25, -0.2) is 0 Å². The van der Waals surface area contributed by atoms with Crippen molar-refractivity contribution in [3.63, 3.8) is 0 Å². The number of hydrogen-bond donors (Lipinski definition) is 1. The summed E-state index contributed by atoms with van der Waals surface area (Å²) < 4.78 is 6.86. The highest BCUT2D eigenvalue weighted by Crippen LogP contribution is 2.76. The third-order valence-electron chi connectivity index (χ3n) is 17.2. The Morgan fingerprint density at radius 3 is 2.40 bits per heavy atom. The molecule has 5 aliphatic carbocycles. The molecule has 8 rings (SSSR count). The highest BCUT2D eigenvalue weighted by Gasteiger charge is 2.69. The summed E-state index contributed by atoms with van der Waals surface area (Å²) in [5.41, 5.74) is 5.42. The molecule has 1 N–H and O–H groups in total. The molecule has 50 heavy (non-hydrogen) atoms. The zero-order valence-electron chi connectivity index (χ0n) is 32.8. The van der Waals surface area contributed by atoms with Crippen LogP contribution in [0, 0.1) is 50.2 Å². The van der Waals surface area contributed by atoms with Crippen molar-refractivity contribution >= 4 is 5.91 Å². The summed E-state index contributed by atoms with van der Waals surface area (Å²) >= 11 is 0. The van der Waals surface area contributed by atoms with E-state index in [0.29, 0.717) is 29.6 Å². The first-order chi connectivity index (χ1) is 23.7. The van der Waals surface area contributed by atoms with E-state index in [4.69, 9.17) is 4.74 Å². The second-order valence-electron chi connectivity index (χ2n) is 20.5. The largest absolute Gasteiger partial charge is 0.497 e. The van der Waals surface area contributed by atoms with Crippen molar-refractivity contribution in [1.82, 2.24) is 10.2 Å². The SMILES string of the molecule is CC1(C)CC[C@]2(C(=O)NCCN3CCCCC3)CC[C@]3(C)C(=CC[C@@H]4[C@@]5(C)CC6=C(CC(c7ccccc7)CO6)C(C)(C)C5CC[C@]43C)[C@@H]2C1. The Labute approximate surface area is 304 Å². The lowest BCUT2D eigenvalue weighted by molar-refractivity contribution is -0.175. The zero-order chi connectivity index (χ0) is 35.2. The average molecular weight is 681 g/mol. The molecule has 1 amide bonds. The number of piperidine rings is 1. The zero-order valence-corrected chi connectivity index (χ0v) is 32.8. The summed E-state index contributed by atoms with van der Waals surface area (Å²) in [5, 5.41) is 3.56. The second-order valence-corrected chi connectivity index (χ2v) is 20.5. The first kappa shape index (κ1) is 35.0. The van der Waals surface area contributed by atoms with Crippen LogP contribution in [0.1, 0.15) is 143 Å². The molecule has 8 atom stereocenters. The molecular formula is C46H68N2O2. The van der Waals surface area contributed by atoms with Crippen LogP contribution in [0.4, 0.5) is 0 Å². The first-order valence-corrected chi connectivity index (χ1v) is 20.9. The number of allylic oxidation sites excluding steroid dienone is 4. The van der Waals surface area contributed by atoms with Crippen LogP contribution in [0.2, 0.25) is 0 Å².